The number of imidazole rings is 1. The highest BCUT2D eigenvalue weighted by molar-refractivity contribution is 5.91. The maximum Gasteiger partial charge on any atom is 0.349 e. The van der Waals surface area contributed by atoms with E-state index in [0.717, 1.165) is 36.2 Å². The molecule has 0 saturated heterocycles. The first-order valence-electron chi connectivity index (χ1n) is 12.3. The molecule has 6 heteroatoms. The number of hydrogen-bond acceptors (Lipinski definition) is 3. The molecule has 0 bridgehead atoms. The normalized spacial score (nSPS) is 18.4. The van der Waals surface area contributed by atoms with Crippen LogP contribution in [0.3, 0.4) is 0 Å². The van der Waals surface area contributed by atoms with Gasteiger partial charge in [-0.3, -0.25) is 4.79 Å². The molecular formula is C29H36N3O3+. The highest BCUT2D eigenvalue weighted by atomic mass is 16.6. The van der Waals surface area contributed by atoms with Crippen LogP contribution in [0, 0.1) is 12.8 Å². The van der Waals surface area contributed by atoms with Gasteiger partial charge in [0.05, 0.1) is 0 Å². The Labute approximate surface area is 207 Å². The van der Waals surface area contributed by atoms with E-state index in [4.69, 9.17) is 10.5 Å². The van der Waals surface area contributed by atoms with Crippen molar-refractivity contribution >= 4 is 11.9 Å². The van der Waals surface area contributed by atoms with Crippen LogP contribution in [0.25, 0.3) is 0 Å². The van der Waals surface area contributed by atoms with Crippen molar-refractivity contribution < 1.29 is 18.9 Å². The summed E-state index contributed by atoms with van der Waals surface area (Å²) in [5.74, 6) is 0.472. The number of carbonyl (C=O) groups excluding carboxylic acids is 2. The third kappa shape index (κ3) is 4.88. The molecule has 4 rings (SSSR count). The van der Waals surface area contributed by atoms with Gasteiger partial charge in [0, 0.05) is 6.92 Å². The average Bonchev–Trinajstić information content (AvgIpc) is 3.42. The molecule has 2 atom stereocenters. The van der Waals surface area contributed by atoms with E-state index in [2.05, 4.69) is 4.57 Å². The summed E-state index contributed by atoms with van der Waals surface area (Å²) >= 11 is 0. The average molecular weight is 475 g/mol. The van der Waals surface area contributed by atoms with E-state index >= 15 is 0 Å². The molecule has 0 radical (unpaired) electrons. The molecule has 1 heterocycles. The number of carbonyl (C=O) groups is 2. The van der Waals surface area contributed by atoms with E-state index in [-0.39, 0.29) is 30.4 Å². The molecule has 2 aromatic carbocycles. The zero-order valence-electron chi connectivity index (χ0n) is 21.1. The first-order chi connectivity index (χ1) is 16.6. The molecule has 1 aromatic heterocycles. The van der Waals surface area contributed by atoms with Crippen LogP contribution in [0.5, 0.6) is 0 Å². The fourth-order valence-corrected chi connectivity index (χ4v) is 5.71. The van der Waals surface area contributed by atoms with Crippen molar-refractivity contribution in [3.8, 4) is 0 Å². The van der Waals surface area contributed by atoms with Gasteiger partial charge in [0.1, 0.15) is 29.5 Å². The van der Waals surface area contributed by atoms with Crippen molar-refractivity contribution in [2.24, 2.45) is 11.7 Å². The third-order valence-corrected chi connectivity index (χ3v) is 7.17. The van der Waals surface area contributed by atoms with E-state index < -0.39 is 11.0 Å². The molecule has 3 aromatic rings. The second-order valence-electron chi connectivity index (χ2n) is 10.5. The van der Waals surface area contributed by atoms with Crippen molar-refractivity contribution in [1.29, 1.82) is 0 Å². The molecule has 2 N–H and O–H groups in total. The number of esters is 1. The largest absolute Gasteiger partial charge is 0.457 e. The Morgan fingerprint density at radius 1 is 1.00 bits per heavy atom. The van der Waals surface area contributed by atoms with Gasteiger partial charge in [-0.1, -0.05) is 60.7 Å². The number of aromatic nitrogens is 2. The van der Waals surface area contributed by atoms with Crippen LogP contribution in [-0.2, 0) is 26.3 Å². The van der Waals surface area contributed by atoms with Crippen LogP contribution in [-0.4, -0.2) is 22.0 Å². The molecule has 1 aliphatic carbocycles. The van der Waals surface area contributed by atoms with Crippen LogP contribution in [0.15, 0.2) is 73.1 Å². The van der Waals surface area contributed by atoms with Gasteiger partial charge in [-0.25, -0.2) is 13.9 Å². The van der Waals surface area contributed by atoms with E-state index in [1.807, 2.05) is 105 Å². The van der Waals surface area contributed by atoms with Crippen molar-refractivity contribution in [2.75, 3.05) is 0 Å². The molecule has 0 spiro atoms. The number of amides is 1. The van der Waals surface area contributed by atoms with Crippen molar-refractivity contribution in [1.82, 2.24) is 4.57 Å². The van der Waals surface area contributed by atoms with Crippen molar-refractivity contribution in [3.05, 3.63) is 90.0 Å². The lowest BCUT2D eigenvalue weighted by Crippen LogP contribution is -2.47. The predicted octanol–water partition coefficient (Wildman–Crippen LogP) is 4.24. The summed E-state index contributed by atoms with van der Waals surface area (Å²) in [5, 5.41) is 0. The van der Waals surface area contributed by atoms with Crippen LogP contribution < -0.4 is 10.3 Å². The number of nitrogens with zero attached hydrogens (tertiary/aromatic N) is 2. The Hall–Kier alpha value is -3.41. The molecule has 1 saturated carbocycles. The van der Waals surface area contributed by atoms with E-state index in [0.29, 0.717) is 0 Å². The van der Waals surface area contributed by atoms with Crippen molar-refractivity contribution in [2.45, 2.75) is 70.6 Å². The fourth-order valence-electron chi connectivity index (χ4n) is 5.71. The highest BCUT2D eigenvalue weighted by Gasteiger charge is 2.51. The summed E-state index contributed by atoms with van der Waals surface area (Å²) in [4.78, 5) is 25.7. The summed E-state index contributed by atoms with van der Waals surface area (Å²) in [5.41, 5.74) is 6.70. The minimum atomic E-state index is -0.898. The van der Waals surface area contributed by atoms with E-state index in [1.165, 1.54) is 0 Å². The maximum atomic E-state index is 13.3. The van der Waals surface area contributed by atoms with Gasteiger partial charge in [-0.05, 0) is 57.1 Å². The molecule has 6 nitrogen and oxygen atoms in total. The molecule has 1 amide bonds. The van der Waals surface area contributed by atoms with Gasteiger partial charge in [-0.15, -0.1) is 0 Å². The lowest BCUT2D eigenvalue weighted by atomic mass is 9.64. The Bertz CT molecular complexity index is 1140. The smallest absolute Gasteiger partial charge is 0.349 e. The zero-order valence-corrected chi connectivity index (χ0v) is 21.1. The molecule has 35 heavy (non-hydrogen) atoms. The lowest BCUT2D eigenvalue weighted by molar-refractivity contribution is -0.691. The van der Waals surface area contributed by atoms with Crippen LogP contribution in [0.1, 0.15) is 63.0 Å². The van der Waals surface area contributed by atoms with Gasteiger partial charge in [0.15, 0.2) is 6.54 Å². The van der Waals surface area contributed by atoms with Gasteiger partial charge in [0.2, 0.25) is 5.91 Å². The minimum Gasteiger partial charge on any atom is -0.457 e. The number of primary amides is 1. The number of rotatable bonds is 7. The van der Waals surface area contributed by atoms with Crippen LogP contribution >= 0.6 is 0 Å². The maximum absolute atomic E-state index is 13.3. The highest BCUT2D eigenvalue weighted by Crippen LogP contribution is 2.49. The zero-order chi connectivity index (χ0) is 25.2. The first kappa shape index (κ1) is 24.7. The summed E-state index contributed by atoms with van der Waals surface area (Å²) in [6, 6.07) is 20.1. The number of hydrogen-bond donors (Lipinski definition) is 1. The minimum absolute atomic E-state index is 0.0518. The lowest BCUT2D eigenvalue weighted by Gasteiger charge is -2.37. The topological polar surface area (TPSA) is 78.2 Å². The monoisotopic (exact) mass is 474 g/mol. The predicted molar refractivity (Wildman–Crippen MR) is 134 cm³/mol. The summed E-state index contributed by atoms with van der Waals surface area (Å²) in [6.45, 7) is 7.81. The van der Waals surface area contributed by atoms with Crippen LogP contribution in [0.4, 0.5) is 0 Å². The Kier molecular flexibility index (Phi) is 6.84. The number of nitrogens with two attached hydrogens (primary N) is 1. The SMILES string of the molecule is Cc1n(C2CCC(C(C(N)=O)(c3ccccc3)c3ccccc3)C2)cc[n+]1CC(=O)OC(C)(C)C. The second-order valence-corrected chi connectivity index (χ2v) is 10.5. The quantitative estimate of drug-likeness (QED) is 0.411. The number of ether oxygens (including phenoxy) is 1. The summed E-state index contributed by atoms with van der Waals surface area (Å²) in [6.07, 6.45) is 6.59. The molecule has 1 aliphatic rings. The standard InChI is InChI=1S/C29H35N3O3/c1-21-31(20-26(33)35-28(2,3)4)17-18-32(21)25-16-15-24(19-25)29(27(30)34,22-11-7-5-8-12-22)23-13-9-6-10-14-23/h5-14,17-18,24-25H,15-16,19-20H2,1-4H3,(H-,30,34)/p+1. The van der Waals surface area contributed by atoms with Gasteiger partial charge >= 0.3 is 5.97 Å². The third-order valence-electron chi connectivity index (χ3n) is 7.17. The number of benzene rings is 2. The molecule has 1 fully saturated rings. The van der Waals surface area contributed by atoms with Crippen LogP contribution in [0.2, 0.25) is 0 Å². The molecule has 2 unspecified atom stereocenters. The molecular weight excluding hydrogens is 438 g/mol. The Balaban J connectivity index is 1.64. The first-order valence-corrected chi connectivity index (χ1v) is 12.3. The summed E-state index contributed by atoms with van der Waals surface area (Å²) < 4.78 is 9.65. The molecule has 0 aliphatic heterocycles. The molecule has 184 valence electrons. The van der Waals surface area contributed by atoms with E-state index in [1.54, 1.807) is 0 Å². The Morgan fingerprint density at radius 3 is 2.09 bits per heavy atom. The summed E-state index contributed by atoms with van der Waals surface area (Å²) in [7, 11) is 0. The second kappa shape index (κ2) is 9.68. The Morgan fingerprint density at radius 2 is 1.57 bits per heavy atom. The van der Waals surface area contributed by atoms with Gasteiger partial charge < -0.3 is 10.5 Å². The van der Waals surface area contributed by atoms with Gasteiger partial charge in [-0.2, -0.15) is 0 Å². The van der Waals surface area contributed by atoms with Gasteiger partial charge in [0.25, 0.3) is 5.82 Å². The van der Waals surface area contributed by atoms with E-state index in [9.17, 15) is 9.59 Å². The van der Waals surface area contributed by atoms with Crippen molar-refractivity contribution in [3.63, 3.8) is 0 Å². The fraction of sp³-hybridized carbons (Fsp3) is 0.414.